The molecule has 0 spiro atoms. The Hall–Kier alpha value is -3.58. The van der Waals surface area contributed by atoms with Gasteiger partial charge in [0.1, 0.15) is 0 Å². The van der Waals surface area contributed by atoms with Gasteiger partial charge >= 0.3 is 6.18 Å². The monoisotopic (exact) mass is 528 g/mol. The number of benzene rings is 2. The molecule has 0 bridgehead atoms. The number of anilines is 2. The minimum atomic E-state index is -4.88. The van der Waals surface area contributed by atoms with Gasteiger partial charge < -0.3 is 15.5 Å². The van der Waals surface area contributed by atoms with Gasteiger partial charge in [0, 0.05) is 30.5 Å². The molecule has 0 saturated carbocycles. The van der Waals surface area contributed by atoms with Crippen LogP contribution in [0.2, 0.25) is 5.02 Å². The number of sulfonamides is 1. The molecular formula is C21H20ClF3N6O3S. The molecule has 0 fully saturated rings. The lowest BCUT2D eigenvalue weighted by molar-refractivity contribution is -0.143. The van der Waals surface area contributed by atoms with Gasteiger partial charge in [-0.05, 0) is 42.5 Å². The Morgan fingerprint density at radius 2 is 1.69 bits per heavy atom. The number of carbonyl (C=O) groups excluding carboxylic acids is 1. The first-order valence-electron chi connectivity index (χ1n) is 9.81. The predicted octanol–water partition coefficient (Wildman–Crippen LogP) is 4.09. The van der Waals surface area contributed by atoms with Crippen LogP contribution in [0, 0.1) is 0 Å². The molecule has 0 saturated heterocycles. The number of amides is 1. The first kappa shape index (κ1) is 26.0. The van der Waals surface area contributed by atoms with Crippen molar-refractivity contribution < 1.29 is 26.4 Å². The summed E-state index contributed by atoms with van der Waals surface area (Å²) in [4.78, 5) is 14.2. The van der Waals surface area contributed by atoms with Crippen molar-refractivity contribution >= 4 is 44.9 Å². The van der Waals surface area contributed by atoms with E-state index < -0.39 is 33.4 Å². The normalized spacial score (nSPS) is 12.4. The number of guanidine groups is 1. The van der Waals surface area contributed by atoms with Crippen molar-refractivity contribution in [3.8, 4) is 5.69 Å². The van der Waals surface area contributed by atoms with Crippen LogP contribution < -0.4 is 10.6 Å². The molecule has 186 valence electrons. The average Bonchev–Trinajstić information content (AvgIpc) is 3.19. The van der Waals surface area contributed by atoms with E-state index in [1.807, 2.05) is 0 Å². The van der Waals surface area contributed by atoms with Gasteiger partial charge in [0.05, 0.1) is 23.7 Å². The number of hydrogen-bond acceptors (Lipinski definition) is 4. The van der Waals surface area contributed by atoms with E-state index in [2.05, 4.69) is 20.1 Å². The molecule has 0 aliphatic rings. The number of aromatic nitrogens is 2. The lowest BCUT2D eigenvalue weighted by Gasteiger charge is -2.17. The molecule has 0 atom stereocenters. The fraction of sp³-hybridized carbons (Fsp3) is 0.190. The number of rotatable bonds is 5. The maximum absolute atomic E-state index is 13.9. The van der Waals surface area contributed by atoms with E-state index in [1.165, 1.54) is 47.4 Å². The summed E-state index contributed by atoms with van der Waals surface area (Å²) >= 11 is 5.81. The van der Waals surface area contributed by atoms with Crippen LogP contribution in [0.4, 0.5) is 24.5 Å². The van der Waals surface area contributed by atoms with Crippen molar-refractivity contribution in [1.82, 2.24) is 14.7 Å². The summed E-state index contributed by atoms with van der Waals surface area (Å²) < 4.78 is 68.9. The van der Waals surface area contributed by atoms with Crippen LogP contribution in [0.5, 0.6) is 0 Å². The molecule has 1 amide bonds. The molecule has 2 N–H and O–H groups in total. The quantitative estimate of drug-likeness (QED) is 0.381. The number of alkyl halides is 3. The van der Waals surface area contributed by atoms with Gasteiger partial charge in [0.25, 0.3) is 15.9 Å². The summed E-state index contributed by atoms with van der Waals surface area (Å²) in [5.41, 5.74) is -1.36. The predicted molar refractivity (Wildman–Crippen MR) is 128 cm³/mol. The number of halogens is 4. The molecule has 3 rings (SSSR count). The third-order valence-electron chi connectivity index (χ3n) is 4.41. The zero-order chi connectivity index (χ0) is 26.0. The Bertz CT molecular complexity index is 1370. The number of nitrogens with zero attached hydrogens (tertiary/aromatic N) is 4. The van der Waals surface area contributed by atoms with E-state index in [0.29, 0.717) is 15.4 Å². The van der Waals surface area contributed by atoms with E-state index in [9.17, 15) is 26.4 Å². The van der Waals surface area contributed by atoms with Crippen molar-refractivity contribution in [2.75, 3.05) is 31.0 Å². The lowest BCUT2D eigenvalue weighted by atomic mass is 10.2. The lowest BCUT2D eigenvalue weighted by Crippen LogP contribution is -2.30. The van der Waals surface area contributed by atoms with Crippen LogP contribution in [0.25, 0.3) is 5.69 Å². The fourth-order valence-corrected chi connectivity index (χ4v) is 3.59. The van der Waals surface area contributed by atoms with Gasteiger partial charge in [-0.15, -0.1) is 4.40 Å². The Labute approximate surface area is 204 Å². The van der Waals surface area contributed by atoms with Crippen molar-refractivity contribution in [1.29, 1.82) is 0 Å². The van der Waals surface area contributed by atoms with Crippen LogP contribution in [0.3, 0.4) is 0 Å². The zero-order valence-corrected chi connectivity index (χ0v) is 20.2. The molecule has 3 aromatic rings. The van der Waals surface area contributed by atoms with E-state index in [4.69, 9.17) is 11.6 Å². The molecule has 1 heterocycles. The van der Waals surface area contributed by atoms with Gasteiger partial charge in [-0.1, -0.05) is 17.7 Å². The summed E-state index contributed by atoms with van der Waals surface area (Å²) in [6, 6.07) is 11.5. The SMILES string of the molecule is CN(C)C(=NS(C)(=O)=O)Nc1cccc(NC(=O)c2cnn(-c3ccc(Cl)cc3)c2C(F)(F)F)c1. The van der Waals surface area contributed by atoms with Crippen molar-refractivity contribution in [2.24, 2.45) is 4.40 Å². The second-order valence-corrected chi connectivity index (χ2v) is 9.58. The van der Waals surface area contributed by atoms with Crippen LogP contribution in [0.1, 0.15) is 16.1 Å². The Kier molecular flexibility index (Phi) is 7.41. The standard InChI is InChI=1S/C21H20ClF3N6O3S/c1-30(2)20(29-35(3,33)34)28-15-6-4-5-14(11-15)27-19(32)17-12-26-31(18(17)21(23,24)25)16-9-7-13(22)8-10-16/h4-12H,1-3H3,(H,27,32)(H,28,29). The van der Waals surface area contributed by atoms with Crippen molar-refractivity contribution in [3.05, 3.63) is 71.0 Å². The van der Waals surface area contributed by atoms with E-state index in [0.717, 1.165) is 12.5 Å². The maximum atomic E-state index is 13.9. The van der Waals surface area contributed by atoms with Crippen LogP contribution >= 0.6 is 11.6 Å². The molecule has 0 unspecified atom stereocenters. The number of nitrogens with one attached hydrogen (secondary N) is 2. The van der Waals surface area contributed by atoms with Gasteiger partial charge in [0.15, 0.2) is 5.69 Å². The minimum Gasteiger partial charge on any atom is -0.348 e. The maximum Gasteiger partial charge on any atom is 0.434 e. The molecule has 2 aromatic carbocycles. The summed E-state index contributed by atoms with van der Waals surface area (Å²) in [6.45, 7) is 0. The summed E-state index contributed by atoms with van der Waals surface area (Å²) in [6.07, 6.45) is -3.12. The smallest absolute Gasteiger partial charge is 0.348 e. The van der Waals surface area contributed by atoms with Crippen molar-refractivity contribution in [3.63, 3.8) is 0 Å². The largest absolute Gasteiger partial charge is 0.434 e. The molecule has 9 nitrogen and oxygen atoms in total. The summed E-state index contributed by atoms with van der Waals surface area (Å²) in [5.74, 6) is -1.04. The topological polar surface area (TPSA) is 109 Å². The third-order valence-corrected chi connectivity index (χ3v) is 5.16. The van der Waals surface area contributed by atoms with E-state index in [-0.39, 0.29) is 17.3 Å². The zero-order valence-electron chi connectivity index (χ0n) is 18.6. The van der Waals surface area contributed by atoms with Gasteiger partial charge in [-0.25, -0.2) is 13.1 Å². The third kappa shape index (κ3) is 6.73. The minimum absolute atomic E-state index is 0.000393. The summed E-state index contributed by atoms with van der Waals surface area (Å²) in [5, 5.41) is 9.29. The fourth-order valence-electron chi connectivity index (χ4n) is 2.94. The second kappa shape index (κ2) is 9.96. The highest BCUT2D eigenvalue weighted by atomic mass is 35.5. The molecule has 1 aromatic heterocycles. The van der Waals surface area contributed by atoms with Gasteiger partial charge in [-0.2, -0.15) is 18.3 Å². The van der Waals surface area contributed by atoms with Crippen molar-refractivity contribution in [2.45, 2.75) is 6.18 Å². The van der Waals surface area contributed by atoms with Gasteiger partial charge in [0.2, 0.25) is 5.96 Å². The first-order chi connectivity index (χ1) is 16.2. The molecule has 0 radical (unpaired) electrons. The van der Waals surface area contributed by atoms with E-state index >= 15 is 0 Å². The van der Waals surface area contributed by atoms with Crippen LogP contribution in [-0.4, -0.2) is 55.3 Å². The Morgan fingerprint density at radius 3 is 2.23 bits per heavy atom. The van der Waals surface area contributed by atoms with Crippen LogP contribution in [-0.2, 0) is 16.2 Å². The Morgan fingerprint density at radius 1 is 1.09 bits per heavy atom. The van der Waals surface area contributed by atoms with E-state index in [1.54, 1.807) is 20.2 Å². The molecule has 35 heavy (non-hydrogen) atoms. The summed E-state index contributed by atoms with van der Waals surface area (Å²) in [7, 11) is -0.566. The number of carbonyl (C=O) groups is 1. The van der Waals surface area contributed by atoms with Gasteiger partial charge in [-0.3, -0.25) is 4.79 Å². The second-order valence-electron chi connectivity index (χ2n) is 7.50. The first-order valence-corrected chi connectivity index (χ1v) is 12.0. The molecule has 0 aliphatic heterocycles. The Balaban J connectivity index is 1.91. The molecular weight excluding hydrogens is 509 g/mol. The van der Waals surface area contributed by atoms with Crippen LogP contribution in [0.15, 0.2) is 59.1 Å². The average molecular weight is 529 g/mol. The highest BCUT2D eigenvalue weighted by Gasteiger charge is 2.40. The highest BCUT2D eigenvalue weighted by molar-refractivity contribution is 7.89. The number of hydrogen-bond donors (Lipinski definition) is 2. The highest BCUT2D eigenvalue weighted by Crippen LogP contribution is 2.34. The molecule has 14 heteroatoms. The molecule has 0 aliphatic carbocycles.